The van der Waals surface area contributed by atoms with Crippen molar-refractivity contribution >= 4 is 23.6 Å². The zero-order chi connectivity index (χ0) is 15.1. The second kappa shape index (κ2) is 11.0. The van der Waals surface area contributed by atoms with Crippen LogP contribution in [-0.2, 0) is 22.0 Å². The van der Waals surface area contributed by atoms with Gasteiger partial charge >= 0.3 is 0 Å². The molecule has 2 atom stereocenters. The summed E-state index contributed by atoms with van der Waals surface area (Å²) < 4.78 is 20.8. The SMILES string of the molecule is COC(C)N(C(C)OC)n1cnc2ccccc21.F.F.O=[SH2]. The number of fused-ring (bicyclic) bond motifs is 1. The van der Waals surface area contributed by atoms with Crippen LogP contribution in [0.1, 0.15) is 13.8 Å². The van der Waals surface area contributed by atoms with Crippen molar-refractivity contribution in [3.63, 3.8) is 0 Å². The molecular weight excluding hydrogens is 316 g/mol. The summed E-state index contributed by atoms with van der Waals surface area (Å²) in [6.07, 6.45) is 1.56. The summed E-state index contributed by atoms with van der Waals surface area (Å²) in [4.78, 5) is 4.38. The number of ether oxygens (including phenoxy) is 2. The molecule has 0 spiro atoms. The van der Waals surface area contributed by atoms with Gasteiger partial charge in [0.05, 0.1) is 11.0 Å². The van der Waals surface area contributed by atoms with Gasteiger partial charge in [-0.15, -0.1) is 0 Å². The van der Waals surface area contributed by atoms with Gasteiger partial charge in [0.15, 0.2) is 0 Å². The third-order valence-corrected chi connectivity index (χ3v) is 3.11. The van der Waals surface area contributed by atoms with E-state index in [0.717, 1.165) is 11.0 Å². The molecule has 22 heavy (non-hydrogen) atoms. The van der Waals surface area contributed by atoms with Crippen LogP contribution in [0.2, 0.25) is 0 Å². The number of benzene rings is 1. The summed E-state index contributed by atoms with van der Waals surface area (Å²) in [7, 11) is 3.36. The summed E-state index contributed by atoms with van der Waals surface area (Å²) in [5.74, 6) is 0. The Morgan fingerprint density at radius 2 is 1.59 bits per heavy atom. The van der Waals surface area contributed by atoms with Crippen molar-refractivity contribution in [2.75, 3.05) is 19.2 Å². The van der Waals surface area contributed by atoms with Gasteiger partial charge in [0.2, 0.25) is 0 Å². The maximum Gasteiger partial charge on any atom is 0.143 e. The molecule has 0 aliphatic rings. The predicted molar refractivity (Wildman–Crippen MR) is 86.8 cm³/mol. The molecule has 1 aromatic carbocycles. The van der Waals surface area contributed by atoms with E-state index in [1.807, 2.05) is 47.8 Å². The van der Waals surface area contributed by atoms with E-state index in [1.54, 1.807) is 33.1 Å². The standard InChI is InChI=1S/C13H19N3O2.2FH.H2OS/c1-10(17-3)16(11(2)18-4)15-9-14-12-7-5-6-8-13(12)15;;;1-2/h5-11H,1-4H3;2*1H;2H2. The number of nitrogens with zero attached hydrogens (tertiary/aromatic N) is 3. The molecule has 6 nitrogen and oxygen atoms in total. The molecule has 1 aromatic heterocycles. The molecule has 0 saturated heterocycles. The fourth-order valence-electron chi connectivity index (χ4n) is 1.99. The molecule has 2 aromatic rings. The number of para-hydroxylation sites is 2. The maximum atomic E-state index is 8.06. The van der Waals surface area contributed by atoms with E-state index in [-0.39, 0.29) is 21.9 Å². The van der Waals surface area contributed by atoms with Gasteiger partial charge in [-0.1, -0.05) is 12.1 Å². The van der Waals surface area contributed by atoms with Gasteiger partial charge in [-0.05, 0) is 38.5 Å². The molecule has 0 aliphatic carbocycles. The van der Waals surface area contributed by atoms with Crippen molar-refractivity contribution in [3.05, 3.63) is 30.6 Å². The summed E-state index contributed by atoms with van der Waals surface area (Å²) >= 11 is 1.72. The number of methoxy groups -OCH3 is 2. The molecule has 0 radical (unpaired) electrons. The molecule has 1 heterocycles. The Bertz CT molecular complexity index is 534. The summed E-state index contributed by atoms with van der Waals surface area (Å²) in [5.41, 5.74) is 1.99. The van der Waals surface area contributed by atoms with Gasteiger partial charge in [0, 0.05) is 14.2 Å². The highest BCUT2D eigenvalue weighted by atomic mass is 32.1. The zero-order valence-corrected chi connectivity index (χ0v) is 13.9. The summed E-state index contributed by atoms with van der Waals surface area (Å²) in [6.45, 7) is 3.95. The lowest BCUT2D eigenvalue weighted by Crippen LogP contribution is -2.49. The highest BCUT2D eigenvalue weighted by Gasteiger charge is 2.21. The maximum absolute atomic E-state index is 8.06. The van der Waals surface area contributed by atoms with Crippen LogP contribution in [0.3, 0.4) is 0 Å². The molecule has 128 valence electrons. The zero-order valence-electron chi connectivity index (χ0n) is 12.9. The Labute approximate surface area is 133 Å². The number of halogens is 2. The number of hydrogen-bond acceptors (Lipinski definition) is 5. The molecule has 2 rings (SSSR count). The van der Waals surface area contributed by atoms with Gasteiger partial charge in [0.25, 0.3) is 0 Å². The van der Waals surface area contributed by atoms with E-state index in [2.05, 4.69) is 4.98 Å². The highest BCUT2D eigenvalue weighted by Crippen LogP contribution is 2.16. The average Bonchev–Trinajstić information content (AvgIpc) is 2.93. The number of aromatic nitrogens is 2. The lowest BCUT2D eigenvalue weighted by Gasteiger charge is -2.35. The first kappa shape index (κ1) is 22.7. The van der Waals surface area contributed by atoms with Crippen LogP contribution in [-0.4, -0.2) is 40.5 Å². The topological polar surface area (TPSA) is 56.6 Å². The smallest absolute Gasteiger partial charge is 0.143 e. The largest absolute Gasteiger partial charge is 0.360 e. The van der Waals surface area contributed by atoms with Crippen LogP contribution < -0.4 is 5.01 Å². The first-order valence-corrected chi connectivity index (χ1v) is 6.56. The van der Waals surface area contributed by atoms with Crippen molar-refractivity contribution in [3.8, 4) is 0 Å². The monoisotopic (exact) mass is 339 g/mol. The van der Waals surface area contributed by atoms with Crippen LogP contribution in [0, 0.1) is 0 Å². The van der Waals surface area contributed by atoms with E-state index in [1.165, 1.54) is 0 Å². The minimum atomic E-state index is -0.113. The van der Waals surface area contributed by atoms with Gasteiger partial charge in [-0.2, -0.15) is 0 Å². The van der Waals surface area contributed by atoms with Gasteiger partial charge in [-0.3, -0.25) is 18.6 Å². The molecule has 0 amide bonds. The Morgan fingerprint density at radius 3 is 2.09 bits per heavy atom. The van der Waals surface area contributed by atoms with Crippen molar-refractivity contribution < 1.29 is 23.1 Å². The number of hydrogen-bond donors (Lipinski definition) is 0. The second-order valence-electron chi connectivity index (χ2n) is 4.13. The van der Waals surface area contributed by atoms with Crippen molar-refractivity contribution in [1.29, 1.82) is 0 Å². The van der Waals surface area contributed by atoms with Gasteiger partial charge in [-0.25, -0.2) is 9.66 Å². The fourth-order valence-corrected chi connectivity index (χ4v) is 1.99. The van der Waals surface area contributed by atoms with Crippen LogP contribution >= 0.6 is 0 Å². The van der Waals surface area contributed by atoms with E-state index in [9.17, 15) is 0 Å². The molecule has 0 aliphatic heterocycles. The number of imidazole rings is 1. The Kier molecular flexibility index (Phi) is 11.4. The lowest BCUT2D eigenvalue weighted by molar-refractivity contribution is 0.0176. The quantitative estimate of drug-likeness (QED) is 0.771. The lowest BCUT2D eigenvalue weighted by atomic mass is 10.3. The Morgan fingerprint density at radius 1 is 1.09 bits per heavy atom. The minimum absolute atomic E-state index is 0. The van der Waals surface area contributed by atoms with Crippen molar-refractivity contribution in [2.24, 2.45) is 0 Å². The molecule has 0 saturated carbocycles. The third kappa shape index (κ3) is 4.72. The summed E-state index contributed by atoms with van der Waals surface area (Å²) in [6, 6.07) is 7.98. The van der Waals surface area contributed by atoms with Crippen LogP contribution in [0.15, 0.2) is 30.6 Å². The van der Waals surface area contributed by atoms with Crippen LogP contribution in [0.5, 0.6) is 0 Å². The van der Waals surface area contributed by atoms with E-state index in [4.69, 9.17) is 13.7 Å². The van der Waals surface area contributed by atoms with Crippen LogP contribution in [0.25, 0.3) is 11.0 Å². The summed E-state index contributed by atoms with van der Waals surface area (Å²) in [5, 5.41) is 2.00. The molecule has 2 unspecified atom stereocenters. The third-order valence-electron chi connectivity index (χ3n) is 3.11. The first-order chi connectivity index (χ1) is 9.69. The molecule has 9 heteroatoms. The molecule has 0 fully saturated rings. The van der Waals surface area contributed by atoms with E-state index < -0.39 is 0 Å². The van der Waals surface area contributed by atoms with Crippen molar-refractivity contribution in [2.45, 2.75) is 26.3 Å². The first-order valence-electron chi connectivity index (χ1n) is 6.15. The molecule has 0 bridgehead atoms. The number of rotatable bonds is 5. The predicted octanol–water partition coefficient (Wildman–Crippen LogP) is 1.39. The molecule has 0 N–H and O–H groups in total. The highest BCUT2D eigenvalue weighted by molar-refractivity contribution is 7.44. The van der Waals surface area contributed by atoms with E-state index in [0.29, 0.717) is 0 Å². The second-order valence-corrected chi connectivity index (χ2v) is 4.13. The van der Waals surface area contributed by atoms with E-state index >= 15 is 0 Å². The Balaban J connectivity index is 0. The van der Waals surface area contributed by atoms with Crippen LogP contribution in [0.4, 0.5) is 9.41 Å². The van der Waals surface area contributed by atoms with Gasteiger partial charge in [0.1, 0.15) is 18.8 Å². The van der Waals surface area contributed by atoms with Crippen molar-refractivity contribution in [1.82, 2.24) is 9.66 Å². The Hall–Kier alpha value is -1.58. The average molecular weight is 339 g/mol. The normalized spacial score (nSPS) is 12.2. The minimum Gasteiger partial charge on any atom is -0.360 e. The molecular formula is C13H23F2N3O3S. The van der Waals surface area contributed by atoms with Gasteiger partial charge < -0.3 is 9.47 Å². The fraction of sp³-hybridized carbons (Fsp3) is 0.462.